The number of aromatic nitrogens is 1. The Labute approximate surface area is 154 Å². The van der Waals surface area contributed by atoms with Crippen LogP contribution in [0.4, 0.5) is 8.78 Å². The van der Waals surface area contributed by atoms with E-state index in [1.165, 1.54) is 35.9 Å². The molecule has 2 aromatic carbocycles. The van der Waals surface area contributed by atoms with Gasteiger partial charge in [0.25, 0.3) is 5.56 Å². The molecular weight excluding hydrogens is 350 g/mol. The third-order valence-electron chi connectivity index (χ3n) is 4.68. The molecule has 0 saturated carbocycles. The predicted octanol–water partition coefficient (Wildman–Crippen LogP) is 3.69. The molecule has 6 heteroatoms. The molecule has 0 saturated heterocycles. The molecule has 0 radical (unpaired) electrons. The highest BCUT2D eigenvalue weighted by Crippen LogP contribution is 2.35. The fourth-order valence-corrected chi connectivity index (χ4v) is 3.27. The summed E-state index contributed by atoms with van der Waals surface area (Å²) in [7, 11) is 3.04. The summed E-state index contributed by atoms with van der Waals surface area (Å²) in [6.07, 6.45) is 1.69. The van der Waals surface area contributed by atoms with E-state index in [2.05, 4.69) is 4.99 Å². The van der Waals surface area contributed by atoms with Crippen molar-refractivity contribution in [2.24, 2.45) is 12.0 Å². The van der Waals surface area contributed by atoms with Crippen molar-refractivity contribution in [3.05, 3.63) is 87.3 Å². The Balaban J connectivity index is 2.03. The first-order chi connectivity index (χ1) is 13.0. The summed E-state index contributed by atoms with van der Waals surface area (Å²) in [4.78, 5) is 16.7. The molecule has 1 aliphatic heterocycles. The van der Waals surface area contributed by atoms with Crippen LogP contribution in [0.5, 0.6) is 5.75 Å². The molecule has 0 bridgehead atoms. The fourth-order valence-electron chi connectivity index (χ4n) is 3.27. The van der Waals surface area contributed by atoms with Crippen LogP contribution in [0, 0.1) is 11.6 Å². The Hall–Kier alpha value is -3.28. The Morgan fingerprint density at radius 1 is 1.04 bits per heavy atom. The molecule has 1 aromatic heterocycles. The highest BCUT2D eigenvalue weighted by molar-refractivity contribution is 6.17. The van der Waals surface area contributed by atoms with Crippen LogP contribution in [-0.4, -0.2) is 17.4 Å². The van der Waals surface area contributed by atoms with Gasteiger partial charge in [-0.25, -0.2) is 8.78 Å². The highest BCUT2D eigenvalue weighted by atomic mass is 19.1. The monoisotopic (exact) mass is 366 g/mol. The van der Waals surface area contributed by atoms with Crippen LogP contribution in [0.3, 0.4) is 0 Å². The second-order valence-electron chi connectivity index (χ2n) is 6.37. The normalized spacial score (nSPS) is 12.7. The lowest BCUT2D eigenvalue weighted by molar-refractivity contribution is 0.386. The van der Waals surface area contributed by atoms with Crippen LogP contribution in [0.25, 0.3) is 11.1 Å². The van der Waals surface area contributed by atoms with Crippen molar-refractivity contribution in [2.45, 2.75) is 6.54 Å². The minimum atomic E-state index is -0.503. The van der Waals surface area contributed by atoms with Gasteiger partial charge in [-0.1, -0.05) is 0 Å². The Bertz CT molecular complexity index is 1130. The predicted molar refractivity (Wildman–Crippen MR) is 99.4 cm³/mol. The number of nitrogens with zero attached hydrogens (tertiary/aromatic N) is 2. The number of fused-ring (bicyclic) bond motifs is 3. The van der Waals surface area contributed by atoms with E-state index in [4.69, 9.17) is 4.74 Å². The molecule has 4 rings (SSSR count). The second-order valence-corrected chi connectivity index (χ2v) is 6.37. The maximum absolute atomic E-state index is 14.5. The van der Waals surface area contributed by atoms with Gasteiger partial charge in [-0.05, 0) is 47.5 Å². The minimum Gasteiger partial charge on any atom is -0.494 e. The van der Waals surface area contributed by atoms with E-state index in [-0.39, 0.29) is 23.7 Å². The van der Waals surface area contributed by atoms with Crippen molar-refractivity contribution in [1.82, 2.24) is 4.57 Å². The lowest BCUT2D eigenvalue weighted by atomic mass is 9.92. The Kier molecular flexibility index (Phi) is 4.11. The largest absolute Gasteiger partial charge is 0.494 e. The van der Waals surface area contributed by atoms with Crippen LogP contribution in [-0.2, 0) is 13.6 Å². The van der Waals surface area contributed by atoms with Crippen LogP contribution >= 0.6 is 0 Å². The molecule has 0 unspecified atom stereocenters. The minimum absolute atomic E-state index is 0.0943. The van der Waals surface area contributed by atoms with Crippen molar-refractivity contribution < 1.29 is 13.5 Å². The average molecular weight is 366 g/mol. The van der Waals surface area contributed by atoms with Crippen molar-refractivity contribution >= 4 is 5.71 Å². The number of halogens is 2. The third kappa shape index (κ3) is 2.93. The summed E-state index contributed by atoms with van der Waals surface area (Å²) in [5, 5.41) is 0. The molecule has 0 atom stereocenters. The Morgan fingerprint density at radius 3 is 2.48 bits per heavy atom. The van der Waals surface area contributed by atoms with Gasteiger partial charge in [-0.15, -0.1) is 0 Å². The van der Waals surface area contributed by atoms with Crippen LogP contribution in [0.1, 0.15) is 16.7 Å². The van der Waals surface area contributed by atoms with E-state index in [1.807, 2.05) is 0 Å². The number of benzene rings is 2. The lowest BCUT2D eigenvalue weighted by Crippen LogP contribution is -2.16. The average Bonchev–Trinajstić information content (AvgIpc) is 2.79. The van der Waals surface area contributed by atoms with E-state index in [1.54, 1.807) is 31.4 Å². The van der Waals surface area contributed by atoms with Gasteiger partial charge < -0.3 is 9.30 Å². The van der Waals surface area contributed by atoms with E-state index in [0.717, 1.165) is 5.56 Å². The molecule has 0 aliphatic carbocycles. The van der Waals surface area contributed by atoms with E-state index in [0.29, 0.717) is 28.0 Å². The first-order valence-corrected chi connectivity index (χ1v) is 8.36. The number of aliphatic imine (C=N–C) groups is 1. The van der Waals surface area contributed by atoms with Crippen molar-refractivity contribution in [2.75, 3.05) is 7.11 Å². The van der Waals surface area contributed by atoms with Gasteiger partial charge in [-0.3, -0.25) is 9.79 Å². The molecule has 0 fully saturated rings. The second kappa shape index (κ2) is 6.46. The van der Waals surface area contributed by atoms with Crippen molar-refractivity contribution in [1.29, 1.82) is 0 Å². The summed E-state index contributed by atoms with van der Waals surface area (Å²) in [5.41, 5.74) is 3.84. The molecule has 0 spiro atoms. The fraction of sp³-hybridized carbons (Fsp3) is 0.143. The molecule has 3 aromatic rings. The highest BCUT2D eigenvalue weighted by Gasteiger charge is 2.22. The quantitative estimate of drug-likeness (QED) is 0.694. The zero-order chi connectivity index (χ0) is 19.1. The van der Waals surface area contributed by atoms with Gasteiger partial charge >= 0.3 is 0 Å². The van der Waals surface area contributed by atoms with E-state index >= 15 is 0 Å². The maximum atomic E-state index is 14.5. The van der Waals surface area contributed by atoms with Gasteiger partial charge in [0, 0.05) is 36.0 Å². The van der Waals surface area contributed by atoms with Crippen molar-refractivity contribution in [3.8, 4) is 16.9 Å². The summed E-state index contributed by atoms with van der Waals surface area (Å²) in [6, 6.07) is 10.5. The van der Waals surface area contributed by atoms with Gasteiger partial charge in [0.15, 0.2) is 11.6 Å². The van der Waals surface area contributed by atoms with Gasteiger partial charge in [0.05, 0.1) is 19.4 Å². The summed E-state index contributed by atoms with van der Waals surface area (Å²) in [5.74, 6) is -0.760. The number of methoxy groups -OCH3 is 1. The Morgan fingerprint density at radius 2 is 1.78 bits per heavy atom. The van der Waals surface area contributed by atoms with Crippen LogP contribution < -0.4 is 10.3 Å². The first-order valence-electron chi connectivity index (χ1n) is 8.36. The maximum Gasteiger partial charge on any atom is 0.250 e. The number of ether oxygens (including phenoxy) is 1. The van der Waals surface area contributed by atoms with Crippen molar-refractivity contribution in [3.63, 3.8) is 0 Å². The SMILES string of the molecule is COc1cc2c(cc1F)-c1cn(C)c(=O)cc1CN=C2c1ccc(F)cc1. The van der Waals surface area contributed by atoms with Crippen LogP contribution in [0.2, 0.25) is 0 Å². The molecule has 2 heterocycles. The smallest absolute Gasteiger partial charge is 0.250 e. The number of hydrogen-bond acceptors (Lipinski definition) is 3. The van der Waals surface area contributed by atoms with E-state index in [9.17, 15) is 13.6 Å². The van der Waals surface area contributed by atoms with Gasteiger partial charge in [-0.2, -0.15) is 0 Å². The number of rotatable bonds is 2. The number of pyridine rings is 1. The summed E-state index contributed by atoms with van der Waals surface area (Å²) >= 11 is 0. The molecule has 0 N–H and O–H groups in total. The standard InChI is InChI=1S/C21H16F2N2O2/c1-25-11-17-13(7-20(25)26)10-24-21(12-3-5-14(22)6-4-12)16-9-19(27-2)18(23)8-15(16)17/h3-9,11H,10H2,1-2H3. The zero-order valence-corrected chi connectivity index (χ0v) is 14.8. The number of aryl methyl sites for hydroxylation is 1. The van der Waals surface area contributed by atoms with E-state index < -0.39 is 5.82 Å². The molecule has 1 aliphatic rings. The topological polar surface area (TPSA) is 43.6 Å². The van der Waals surface area contributed by atoms with Crippen LogP contribution in [0.15, 0.2) is 58.4 Å². The lowest BCUT2D eigenvalue weighted by Gasteiger charge is -2.14. The van der Waals surface area contributed by atoms with Gasteiger partial charge in [0.1, 0.15) is 5.82 Å². The molecule has 27 heavy (non-hydrogen) atoms. The van der Waals surface area contributed by atoms with Gasteiger partial charge in [0.2, 0.25) is 0 Å². The molecule has 136 valence electrons. The molecular formula is C21H16F2N2O2. The zero-order valence-electron chi connectivity index (χ0n) is 14.8. The number of hydrogen-bond donors (Lipinski definition) is 0. The first kappa shape index (κ1) is 17.1. The summed E-state index contributed by atoms with van der Waals surface area (Å²) in [6.45, 7) is 0.261. The third-order valence-corrected chi connectivity index (χ3v) is 4.68. The summed E-state index contributed by atoms with van der Waals surface area (Å²) < 4.78 is 34.4. The molecule has 4 nitrogen and oxygen atoms in total. The molecule has 0 amide bonds.